The van der Waals surface area contributed by atoms with Gasteiger partial charge in [-0.3, -0.25) is 14.3 Å². The van der Waals surface area contributed by atoms with Crippen LogP contribution in [0, 0.1) is 6.92 Å². The van der Waals surface area contributed by atoms with Gasteiger partial charge < -0.3 is 15.5 Å². The zero-order valence-corrected chi connectivity index (χ0v) is 18.3. The van der Waals surface area contributed by atoms with Crippen molar-refractivity contribution in [1.82, 2.24) is 14.8 Å². The Hall–Kier alpha value is -3.12. The lowest BCUT2D eigenvalue weighted by Crippen LogP contribution is -2.22. The van der Waals surface area contributed by atoms with Crippen LogP contribution in [0.5, 0.6) is 0 Å². The number of primary amides is 1. The SMILES string of the molecule is Cc1c(Br)cnn1CC(=O)Nc1c(C(N)=O)sc2nc(C(F)F)cc(-c3ccco3)c12. The van der Waals surface area contributed by atoms with E-state index in [0.29, 0.717) is 5.39 Å². The van der Waals surface area contributed by atoms with Crippen LogP contribution in [0.3, 0.4) is 0 Å². The van der Waals surface area contributed by atoms with Crippen LogP contribution in [0.15, 0.2) is 39.5 Å². The number of aromatic nitrogens is 3. The van der Waals surface area contributed by atoms with Crippen LogP contribution >= 0.6 is 27.3 Å². The molecular formula is C19H14BrF2N5O3S. The van der Waals surface area contributed by atoms with Crippen molar-refractivity contribution >= 4 is 55.0 Å². The Morgan fingerprint density at radius 1 is 1.42 bits per heavy atom. The summed E-state index contributed by atoms with van der Waals surface area (Å²) in [6, 6.07) is 4.36. The van der Waals surface area contributed by atoms with Gasteiger partial charge in [0, 0.05) is 10.9 Å². The second kappa shape index (κ2) is 8.19. The Bertz CT molecular complexity index is 1300. The molecule has 0 bridgehead atoms. The molecule has 12 heteroatoms. The number of nitrogens with zero attached hydrogens (tertiary/aromatic N) is 3. The molecule has 8 nitrogen and oxygen atoms in total. The second-order valence-corrected chi connectivity index (χ2v) is 8.36. The summed E-state index contributed by atoms with van der Waals surface area (Å²) in [7, 11) is 0. The predicted molar refractivity (Wildman–Crippen MR) is 114 cm³/mol. The lowest BCUT2D eigenvalue weighted by atomic mass is 10.1. The smallest absolute Gasteiger partial charge is 0.280 e. The van der Waals surface area contributed by atoms with Crippen LogP contribution in [0.1, 0.15) is 27.5 Å². The first-order valence-corrected chi connectivity index (χ1v) is 10.4. The van der Waals surface area contributed by atoms with E-state index in [1.54, 1.807) is 25.3 Å². The number of pyridine rings is 1. The first kappa shape index (κ1) is 21.1. The van der Waals surface area contributed by atoms with Crippen LogP contribution < -0.4 is 11.1 Å². The van der Waals surface area contributed by atoms with Crippen molar-refractivity contribution in [2.45, 2.75) is 19.9 Å². The number of amides is 2. The number of alkyl halides is 2. The topological polar surface area (TPSA) is 116 Å². The van der Waals surface area contributed by atoms with Gasteiger partial charge in [-0.1, -0.05) is 0 Å². The molecule has 0 saturated carbocycles. The summed E-state index contributed by atoms with van der Waals surface area (Å²) >= 11 is 4.15. The van der Waals surface area contributed by atoms with Gasteiger partial charge in [0.1, 0.15) is 27.7 Å². The van der Waals surface area contributed by atoms with E-state index in [-0.39, 0.29) is 33.3 Å². The quantitative estimate of drug-likeness (QED) is 0.396. The Labute approximate surface area is 186 Å². The van der Waals surface area contributed by atoms with Crippen molar-refractivity contribution in [3.63, 3.8) is 0 Å². The van der Waals surface area contributed by atoms with Gasteiger partial charge in [-0.25, -0.2) is 13.8 Å². The highest BCUT2D eigenvalue weighted by Crippen LogP contribution is 2.42. The second-order valence-electron chi connectivity index (χ2n) is 6.51. The molecule has 4 heterocycles. The summed E-state index contributed by atoms with van der Waals surface area (Å²) in [5.41, 5.74) is 6.12. The van der Waals surface area contributed by atoms with Gasteiger partial charge in [0.2, 0.25) is 5.91 Å². The number of carbonyl (C=O) groups excluding carboxylic acids is 2. The molecule has 0 saturated heterocycles. The van der Waals surface area contributed by atoms with Gasteiger partial charge in [-0.2, -0.15) is 5.10 Å². The number of fused-ring (bicyclic) bond motifs is 1. The van der Waals surface area contributed by atoms with E-state index >= 15 is 0 Å². The van der Waals surface area contributed by atoms with Gasteiger partial charge in [-0.05, 0) is 41.1 Å². The molecule has 31 heavy (non-hydrogen) atoms. The fourth-order valence-corrected chi connectivity index (χ4v) is 4.36. The molecule has 0 aliphatic carbocycles. The van der Waals surface area contributed by atoms with Crippen molar-refractivity contribution in [1.29, 1.82) is 0 Å². The van der Waals surface area contributed by atoms with E-state index in [2.05, 4.69) is 31.3 Å². The molecule has 0 atom stereocenters. The van der Waals surface area contributed by atoms with Crippen molar-refractivity contribution in [3.8, 4) is 11.3 Å². The molecule has 160 valence electrons. The minimum absolute atomic E-state index is 0.00607. The monoisotopic (exact) mass is 509 g/mol. The summed E-state index contributed by atoms with van der Waals surface area (Å²) in [4.78, 5) is 28.9. The minimum Gasteiger partial charge on any atom is -0.464 e. The van der Waals surface area contributed by atoms with Crippen molar-refractivity contribution in [2.24, 2.45) is 5.73 Å². The number of thiophene rings is 1. The maximum atomic E-state index is 13.4. The third-order valence-corrected chi connectivity index (χ3v) is 6.39. The molecule has 4 rings (SSSR count). The number of halogens is 3. The first-order valence-electron chi connectivity index (χ1n) is 8.83. The highest BCUT2D eigenvalue weighted by molar-refractivity contribution is 9.10. The fourth-order valence-electron chi connectivity index (χ4n) is 3.05. The largest absolute Gasteiger partial charge is 0.464 e. The highest BCUT2D eigenvalue weighted by atomic mass is 79.9. The summed E-state index contributed by atoms with van der Waals surface area (Å²) in [6.45, 7) is 1.65. The molecule has 2 amide bonds. The maximum Gasteiger partial charge on any atom is 0.280 e. The number of hydrogen-bond donors (Lipinski definition) is 2. The van der Waals surface area contributed by atoms with Crippen LogP contribution in [-0.2, 0) is 11.3 Å². The number of nitrogens with two attached hydrogens (primary N) is 1. The lowest BCUT2D eigenvalue weighted by Gasteiger charge is -2.10. The molecule has 0 radical (unpaired) electrons. The summed E-state index contributed by atoms with van der Waals surface area (Å²) in [5.74, 6) is -1.02. The van der Waals surface area contributed by atoms with E-state index in [1.807, 2.05) is 0 Å². The van der Waals surface area contributed by atoms with Gasteiger partial charge in [0.25, 0.3) is 12.3 Å². The van der Waals surface area contributed by atoms with E-state index in [1.165, 1.54) is 17.0 Å². The number of hydrogen-bond acceptors (Lipinski definition) is 6. The molecule has 0 unspecified atom stereocenters. The minimum atomic E-state index is -2.84. The molecular weight excluding hydrogens is 496 g/mol. The number of nitrogens with one attached hydrogen (secondary N) is 1. The summed E-state index contributed by atoms with van der Waals surface area (Å²) in [5, 5.41) is 7.08. The average molecular weight is 510 g/mol. The van der Waals surface area contributed by atoms with E-state index in [9.17, 15) is 18.4 Å². The molecule has 4 aromatic rings. The van der Waals surface area contributed by atoms with Crippen LogP contribution in [-0.4, -0.2) is 26.6 Å². The molecule has 0 aliphatic rings. The number of carbonyl (C=O) groups is 2. The van der Waals surface area contributed by atoms with Gasteiger partial charge in [-0.15, -0.1) is 11.3 Å². The molecule has 0 spiro atoms. The van der Waals surface area contributed by atoms with Crippen LogP contribution in [0.2, 0.25) is 0 Å². The molecule has 0 aliphatic heterocycles. The molecule has 0 aromatic carbocycles. The Morgan fingerprint density at radius 2 is 2.19 bits per heavy atom. The van der Waals surface area contributed by atoms with Gasteiger partial charge >= 0.3 is 0 Å². The normalized spacial score (nSPS) is 11.4. The molecule has 4 aromatic heterocycles. The third kappa shape index (κ3) is 3.95. The van der Waals surface area contributed by atoms with E-state index in [4.69, 9.17) is 10.2 Å². The highest BCUT2D eigenvalue weighted by Gasteiger charge is 2.26. The zero-order valence-electron chi connectivity index (χ0n) is 15.9. The first-order chi connectivity index (χ1) is 14.8. The lowest BCUT2D eigenvalue weighted by molar-refractivity contribution is -0.116. The molecule has 0 fully saturated rings. The number of rotatable bonds is 6. The fraction of sp³-hybridized carbons (Fsp3) is 0.158. The Morgan fingerprint density at radius 3 is 2.77 bits per heavy atom. The molecule has 3 N–H and O–H groups in total. The van der Waals surface area contributed by atoms with Crippen molar-refractivity contribution < 1.29 is 22.8 Å². The van der Waals surface area contributed by atoms with Gasteiger partial charge in [0.05, 0.1) is 28.3 Å². The standard InChI is InChI=1S/C19H14BrF2N5O3S/c1-8-10(20)6-24-27(8)7-13(28)26-15-14-9(12-3-2-4-30-12)5-11(17(21)22)25-19(14)31-16(15)18(23)29/h2-6,17H,7H2,1H3,(H2,23,29)(H,26,28). The van der Waals surface area contributed by atoms with Crippen molar-refractivity contribution in [2.75, 3.05) is 5.32 Å². The summed E-state index contributed by atoms with van der Waals surface area (Å²) < 4.78 is 34.4. The zero-order chi connectivity index (χ0) is 22.3. The third-order valence-electron chi connectivity index (χ3n) is 4.52. The Balaban J connectivity index is 1.85. The predicted octanol–water partition coefficient (Wildman–Crippen LogP) is 4.50. The number of furan rings is 1. The van der Waals surface area contributed by atoms with Crippen molar-refractivity contribution in [3.05, 3.63) is 51.4 Å². The maximum absolute atomic E-state index is 13.4. The summed E-state index contributed by atoms with van der Waals surface area (Å²) in [6.07, 6.45) is 0.112. The number of anilines is 1. The van der Waals surface area contributed by atoms with Crippen LogP contribution in [0.25, 0.3) is 21.5 Å². The van der Waals surface area contributed by atoms with E-state index in [0.717, 1.165) is 21.5 Å². The average Bonchev–Trinajstić information content (AvgIpc) is 3.44. The van der Waals surface area contributed by atoms with Crippen LogP contribution in [0.4, 0.5) is 14.5 Å². The Kier molecular flexibility index (Phi) is 5.58. The van der Waals surface area contributed by atoms with Gasteiger partial charge in [0.15, 0.2) is 0 Å². The van der Waals surface area contributed by atoms with E-state index < -0.39 is 23.9 Å².